The average Bonchev–Trinajstić information content (AvgIpc) is 2.17. The summed E-state index contributed by atoms with van der Waals surface area (Å²) in [6.45, 7) is 5.81. The molecule has 0 saturated carbocycles. The quantitative estimate of drug-likeness (QED) is 0.685. The van der Waals surface area contributed by atoms with Crippen molar-refractivity contribution < 1.29 is 9.66 Å². The first-order valence-electron chi connectivity index (χ1n) is 5.04. The monoisotopic (exact) mass is 302 g/mol. The van der Waals surface area contributed by atoms with Crippen LogP contribution in [0.5, 0.6) is 5.75 Å². The number of methoxy groups -OCH3 is 1. The van der Waals surface area contributed by atoms with E-state index >= 15 is 0 Å². The molecule has 0 atom stereocenters. The molecule has 1 aromatic carbocycles. The number of nitrogens with zero attached hydrogens (tertiary/aromatic N) is 1. The van der Waals surface area contributed by atoms with Gasteiger partial charge in [-0.2, -0.15) is 0 Å². The molecule has 1 rings (SSSR count). The van der Waals surface area contributed by atoms with Crippen LogP contribution in [0.2, 0.25) is 0 Å². The Balaban J connectivity index is 3.29. The van der Waals surface area contributed by atoms with E-state index in [0.717, 1.165) is 0 Å². The van der Waals surface area contributed by atoms with Gasteiger partial charge in [0.25, 0.3) is 5.69 Å². The van der Waals surface area contributed by atoms with Crippen LogP contribution in [0, 0.1) is 10.1 Å². The van der Waals surface area contributed by atoms with Gasteiger partial charge in [-0.25, -0.2) is 0 Å². The molecule has 0 bridgehead atoms. The summed E-state index contributed by atoms with van der Waals surface area (Å²) in [4.78, 5) is 10.5. The molecule has 0 aromatic heterocycles. The first-order valence-corrected chi connectivity index (χ1v) is 5.84. The Morgan fingerprint density at radius 3 is 2.41 bits per heavy atom. The van der Waals surface area contributed by atoms with Gasteiger partial charge < -0.3 is 10.1 Å². The van der Waals surface area contributed by atoms with E-state index in [-0.39, 0.29) is 11.2 Å². The van der Waals surface area contributed by atoms with Gasteiger partial charge in [-0.05, 0) is 36.7 Å². The molecule has 0 amide bonds. The number of halogens is 1. The van der Waals surface area contributed by atoms with Crippen molar-refractivity contribution in [2.24, 2.45) is 0 Å². The fraction of sp³-hybridized carbons (Fsp3) is 0.455. The van der Waals surface area contributed by atoms with Gasteiger partial charge in [0, 0.05) is 17.7 Å². The van der Waals surface area contributed by atoms with Crippen LogP contribution >= 0.6 is 15.9 Å². The van der Waals surface area contributed by atoms with E-state index in [0.29, 0.717) is 15.9 Å². The molecule has 17 heavy (non-hydrogen) atoms. The van der Waals surface area contributed by atoms with Crippen molar-refractivity contribution in [1.29, 1.82) is 0 Å². The molecule has 0 aliphatic heterocycles. The molecule has 0 aliphatic carbocycles. The normalized spacial score (nSPS) is 11.1. The standard InChI is InChI=1S/C11H15BrN2O3/c1-11(2,3)13-8-6-10(17-4)7(12)5-9(8)14(15)16/h5-6,13H,1-4H3. The Bertz CT molecular complexity index is 441. The summed E-state index contributed by atoms with van der Waals surface area (Å²) in [5, 5.41) is 14.1. The first-order chi connectivity index (χ1) is 7.74. The second-order valence-electron chi connectivity index (χ2n) is 4.64. The molecule has 0 spiro atoms. The molecular weight excluding hydrogens is 288 g/mol. The lowest BCUT2D eigenvalue weighted by atomic mass is 10.1. The number of anilines is 1. The van der Waals surface area contributed by atoms with Crippen LogP contribution in [0.1, 0.15) is 20.8 Å². The minimum Gasteiger partial charge on any atom is -0.495 e. The van der Waals surface area contributed by atoms with Crippen LogP contribution in [-0.4, -0.2) is 17.6 Å². The zero-order chi connectivity index (χ0) is 13.2. The van der Waals surface area contributed by atoms with Gasteiger partial charge in [-0.15, -0.1) is 0 Å². The van der Waals surface area contributed by atoms with Crippen LogP contribution in [-0.2, 0) is 0 Å². The average molecular weight is 303 g/mol. The van der Waals surface area contributed by atoms with Crippen molar-refractivity contribution in [1.82, 2.24) is 0 Å². The van der Waals surface area contributed by atoms with Crippen LogP contribution in [0.15, 0.2) is 16.6 Å². The third kappa shape index (κ3) is 3.59. The summed E-state index contributed by atoms with van der Waals surface area (Å²) in [7, 11) is 1.52. The minimum absolute atomic E-state index is 0.0209. The summed E-state index contributed by atoms with van der Waals surface area (Å²) in [5.41, 5.74) is 0.207. The van der Waals surface area contributed by atoms with E-state index in [1.807, 2.05) is 20.8 Å². The third-order valence-corrected chi connectivity index (χ3v) is 2.60. The molecule has 94 valence electrons. The van der Waals surface area contributed by atoms with Crippen molar-refractivity contribution >= 4 is 27.3 Å². The number of nitrogens with one attached hydrogen (secondary N) is 1. The molecule has 0 radical (unpaired) electrons. The SMILES string of the molecule is COc1cc(NC(C)(C)C)c([N+](=O)[O-])cc1Br. The fourth-order valence-corrected chi connectivity index (χ4v) is 1.85. The fourth-order valence-electron chi connectivity index (χ4n) is 1.35. The molecular formula is C11H15BrN2O3. The molecule has 0 aliphatic rings. The van der Waals surface area contributed by atoms with Crippen molar-refractivity contribution in [3.63, 3.8) is 0 Å². The summed E-state index contributed by atoms with van der Waals surface area (Å²) in [6, 6.07) is 3.06. The van der Waals surface area contributed by atoms with E-state index in [1.165, 1.54) is 13.2 Å². The molecule has 1 N–H and O–H groups in total. The van der Waals surface area contributed by atoms with Gasteiger partial charge in [0.2, 0.25) is 0 Å². The second kappa shape index (κ2) is 4.91. The highest BCUT2D eigenvalue weighted by atomic mass is 79.9. The van der Waals surface area contributed by atoms with Gasteiger partial charge in [0.15, 0.2) is 0 Å². The van der Waals surface area contributed by atoms with Crippen LogP contribution in [0.25, 0.3) is 0 Å². The number of rotatable bonds is 3. The number of hydrogen-bond acceptors (Lipinski definition) is 4. The predicted octanol–water partition coefficient (Wildman–Crippen LogP) is 3.58. The van der Waals surface area contributed by atoms with Crippen molar-refractivity contribution in [2.75, 3.05) is 12.4 Å². The Morgan fingerprint density at radius 2 is 2.00 bits per heavy atom. The number of nitro benzene ring substituents is 1. The molecule has 0 unspecified atom stereocenters. The van der Waals surface area contributed by atoms with Crippen molar-refractivity contribution in [2.45, 2.75) is 26.3 Å². The number of hydrogen-bond donors (Lipinski definition) is 1. The highest BCUT2D eigenvalue weighted by Gasteiger charge is 2.21. The van der Waals surface area contributed by atoms with E-state index < -0.39 is 4.92 Å². The highest BCUT2D eigenvalue weighted by Crippen LogP contribution is 2.36. The summed E-state index contributed by atoms with van der Waals surface area (Å²) in [6.07, 6.45) is 0. The third-order valence-electron chi connectivity index (χ3n) is 1.98. The minimum atomic E-state index is -0.418. The highest BCUT2D eigenvalue weighted by molar-refractivity contribution is 9.10. The Morgan fingerprint density at radius 1 is 1.41 bits per heavy atom. The number of benzene rings is 1. The Hall–Kier alpha value is -1.30. The second-order valence-corrected chi connectivity index (χ2v) is 5.49. The van der Waals surface area contributed by atoms with Gasteiger partial charge >= 0.3 is 0 Å². The Labute approximate surface area is 108 Å². The van der Waals surface area contributed by atoms with Gasteiger partial charge in [0.1, 0.15) is 11.4 Å². The molecule has 0 heterocycles. The van der Waals surface area contributed by atoms with E-state index in [1.54, 1.807) is 6.07 Å². The van der Waals surface area contributed by atoms with E-state index in [4.69, 9.17) is 4.74 Å². The maximum atomic E-state index is 11.0. The molecule has 0 fully saturated rings. The molecule has 5 nitrogen and oxygen atoms in total. The van der Waals surface area contributed by atoms with E-state index in [2.05, 4.69) is 21.2 Å². The molecule has 6 heteroatoms. The van der Waals surface area contributed by atoms with Crippen molar-refractivity contribution in [3.05, 3.63) is 26.7 Å². The topological polar surface area (TPSA) is 64.4 Å². The lowest BCUT2D eigenvalue weighted by molar-refractivity contribution is -0.384. The van der Waals surface area contributed by atoms with Gasteiger partial charge in [-0.1, -0.05) is 0 Å². The zero-order valence-electron chi connectivity index (χ0n) is 10.2. The van der Waals surface area contributed by atoms with Gasteiger partial charge in [-0.3, -0.25) is 10.1 Å². The van der Waals surface area contributed by atoms with Crippen molar-refractivity contribution in [3.8, 4) is 5.75 Å². The summed E-state index contributed by atoms with van der Waals surface area (Å²) in [5.74, 6) is 0.558. The number of nitro groups is 1. The van der Waals surface area contributed by atoms with Gasteiger partial charge in [0.05, 0.1) is 16.5 Å². The lowest BCUT2D eigenvalue weighted by Gasteiger charge is -2.22. The Kier molecular flexibility index (Phi) is 3.98. The van der Waals surface area contributed by atoms with Crippen LogP contribution in [0.3, 0.4) is 0 Å². The largest absolute Gasteiger partial charge is 0.495 e. The van der Waals surface area contributed by atoms with Crippen LogP contribution < -0.4 is 10.1 Å². The number of ether oxygens (including phenoxy) is 1. The lowest BCUT2D eigenvalue weighted by Crippen LogP contribution is -2.26. The van der Waals surface area contributed by atoms with Crippen LogP contribution in [0.4, 0.5) is 11.4 Å². The predicted molar refractivity (Wildman–Crippen MR) is 70.7 cm³/mol. The molecule has 0 saturated heterocycles. The summed E-state index contributed by atoms with van der Waals surface area (Å²) < 4.78 is 5.69. The maximum absolute atomic E-state index is 11.0. The maximum Gasteiger partial charge on any atom is 0.293 e. The summed E-state index contributed by atoms with van der Waals surface area (Å²) >= 11 is 3.23. The van der Waals surface area contributed by atoms with E-state index in [9.17, 15) is 10.1 Å². The zero-order valence-corrected chi connectivity index (χ0v) is 11.8. The first kappa shape index (κ1) is 13.8. The molecule has 1 aromatic rings. The smallest absolute Gasteiger partial charge is 0.293 e.